The van der Waals surface area contributed by atoms with Crippen LogP contribution in [0.2, 0.25) is 0 Å². The average Bonchev–Trinajstić information content (AvgIpc) is 3.48. The van der Waals surface area contributed by atoms with E-state index >= 15 is 0 Å². The van der Waals surface area contributed by atoms with Crippen molar-refractivity contribution in [3.05, 3.63) is 86.2 Å². The fraction of sp³-hybridized carbons (Fsp3) is 0.286. The van der Waals surface area contributed by atoms with Crippen LogP contribution in [-0.4, -0.2) is 30.5 Å². The van der Waals surface area contributed by atoms with Gasteiger partial charge in [-0.15, -0.1) is 9.32 Å². The van der Waals surface area contributed by atoms with Gasteiger partial charge in [0, 0.05) is 70.7 Å². The van der Waals surface area contributed by atoms with Crippen LogP contribution < -0.4 is 5.90 Å². The van der Waals surface area contributed by atoms with Crippen LogP contribution in [0.25, 0.3) is 0 Å². The molecule has 3 aromatic rings. The predicted octanol–water partition coefficient (Wildman–Crippen LogP) is 2.11. The molecule has 0 amide bonds. The Kier molecular flexibility index (Phi) is 21.2. The quantitative estimate of drug-likeness (QED) is 0.116. The Labute approximate surface area is 216 Å². The fourth-order valence-electron chi connectivity index (χ4n) is 2.77. The summed E-state index contributed by atoms with van der Waals surface area (Å²) in [7, 11) is 4.04. The van der Waals surface area contributed by atoms with E-state index in [1.165, 1.54) is 5.56 Å². The van der Waals surface area contributed by atoms with Gasteiger partial charge in [0.2, 0.25) is 0 Å². The molecule has 0 unspecified atom stereocenters. The van der Waals surface area contributed by atoms with Crippen molar-refractivity contribution in [2.24, 2.45) is 20.0 Å². The zero-order valence-electron chi connectivity index (χ0n) is 18.6. The van der Waals surface area contributed by atoms with E-state index in [0.29, 0.717) is 0 Å². The van der Waals surface area contributed by atoms with Crippen molar-refractivity contribution in [2.45, 2.75) is 24.4 Å². The van der Waals surface area contributed by atoms with Crippen molar-refractivity contribution in [2.75, 3.05) is 6.54 Å². The van der Waals surface area contributed by atoms with Crippen LogP contribution in [0.3, 0.4) is 0 Å². The maximum absolute atomic E-state index is 7.50. The first-order valence-electron chi connectivity index (χ1n) is 9.20. The molecule has 0 aliphatic heterocycles. The molecule has 0 fully saturated rings. The minimum atomic E-state index is 0. The first-order chi connectivity index (χ1) is 16.2. The second-order valence-corrected chi connectivity index (χ2v) is 7.04. The Morgan fingerprint density at radius 1 is 0.912 bits per heavy atom. The molecule has 2 N–H and O–H groups in total. The molecule has 34 heavy (non-hydrogen) atoms. The van der Waals surface area contributed by atoms with Crippen molar-refractivity contribution in [3.8, 4) is 0 Å². The molecule has 0 aliphatic carbocycles. The van der Waals surface area contributed by atoms with Crippen molar-refractivity contribution in [1.82, 2.24) is 24.0 Å². The molecule has 11 nitrogen and oxygen atoms in total. The van der Waals surface area contributed by atoms with Gasteiger partial charge >= 0.3 is 33.9 Å². The Bertz CT molecular complexity index is 917. The number of nitrogens with two attached hydrogens (primary N) is 1. The van der Waals surface area contributed by atoms with Crippen LogP contribution in [0.5, 0.6) is 0 Å². The molecular formula is C21H24N6O5ReS. The van der Waals surface area contributed by atoms with Gasteiger partial charge in [-0.3, -0.25) is 4.90 Å². The van der Waals surface area contributed by atoms with Crippen LogP contribution in [0.15, 0.2) is 53.9 Å². The third-order valence-corrected chi connectivity index (χ3v) is 4.99. The van der Waals surface area contributed by atoms with E-state index in [1.807, 2.05) is 51.0 Å². The minimum Gasteiger partial charge on any atom is 0 e. The van der Waals surface area contributed by atoms with Crippen LogP contribution in [0, 0.1) is 20.0 Å². The van der Waals surface area contributed by atoms with Gasteiger partial charge in [0.25, 0.3) is 0 Å². The largest absolute Gasteiger partial charge is 0 e. The molecule has 2 aromatic heterocycles. The second kappa shape index (κ2) is 21.3. The Morgan fingerprint density at radius 3 is 1.76 bits per heavy atom. The number of imidazole rings is 2. The molecule has 2 heterocycles. The average molecular weight is 659 g/mol. The summed E-state index contributed by atoms with van der Waals surface area (Å²) in [4.78, 5) is 16.3. The van der Waals surface area contributed by atoms with Crippen molar-refractivity contribution >= 4 is 12.0 Å². The second-order valence-electron chi connectivity index (χ2n) is 6.26. The van der Waals surface area contributed by atoms with E-state index in [2.05, 4.69) is 65.4 Å². The molecule has 0 saturated heterocycles. The first-order valence-corrected chi connectivity index (χ1v) is 9.95. The summed E-state index contributed by atoms with van der Waals surface area (Å²) in [5.41, 5.74) is 1.25. The summed E-state index contributed by atoms with van der Waals surface area (Å²) in [6.07, 6.45) is 8.53. The first kappa shape index (κ1) is 33.9. The Morgan fingerprint density at radius 2 is 1.38 bits per heavy atom. The van der Waals surface area contributed by atoms with Gasteiger partial charge in [-0.05, 0) is 24.1 Å². The van der Waals surface area contributed by atoms with Gasteiger partial charge in [0.05, 0.1) is 25.1 Å². The van der Waals surface area contributed by atoms with Gasteiger partial charge < -0.3 is 9.13 Å². The molecule has 3 rings (SSSR count). The van der Waals surface area contributed by atoms with E-state index < -0.39 is 0 Å². The summed E-state index contributed by atoms with van der Waals surface area (Å²) in [6.45, 7) is 15.9. The van der Waals surface area contributed by atoms with Gasteiger partial charge in [-0.2, -0.15) is 5.90 Å². The molecule has 0 spiro atoms. The SMILES string of the molecule is Cn1ccnc1CN(CCc1ccc(SOON)cc1)Cc1nccn1C.[C-]#[O+].[C-]#[O+].[C-]#[O+].[Re]. The molecule has 1 radical (unpaired) electrons. The number of hydrogen-bond donors (Lipinski definition) is 1. The molecule has 181 valence electrons. The number of benzene rings is 1. The number of aromatic nitrogens is 4. The molecule has 0 aliphatic rings. The zero-order valence-corrected chi connectivity index (χ0v) is 22.1. The van der Waals surface area contributed by atoms with E-state index in [1.54, 1.807) is 0 Å². The van der Waals surface area contributed by atoms with Crippen LogP contribution >= 0.6 is 12.0 Å². The number of hydrogen-bond acceptors (Lipinski definition) is 7. The van der Waals surface area contributed by atoms with Crippen LogP contribution in [-0.2, 0) is 77.3 Å². The van der Waals surface area contributed by atoms with Crippen LogP contribution in [0.4, 0.5) is 0 Å². The van der Waals surface area contributed by atoms with Crippen molar-refractivity contribution in [3.63, 3.8) is 0 Å². The minimum absolute atomic E-state index is 0. The summed E-state index contributed by atoms with van der Waals surface area (Å²) < 4.78 is 31.3. The fourth-order valence-corrected chi connectivity index (χ4v) is 3.13. The van der Waals surface area contributed by atoms with Gasteiger partial charge in [-0.1, -0.05) is 12.1 Å². The number of aryl methyl sites for hydroxylation is 2. The van der Waals surface area contributed by atoms with Gasteiger partial charge in [0.1, 0.15) is 11.6 Å². The topological polar surface area (TPSA) is 143 Å². The molecule has 0 atom stereocenters. The zero-order chi connectivity index (χ0) is 25.1. The summed E-state index contributed by atoms with van der Waals surface area (Å²) in [5.74, 6) is 6.93. The van der Waals surface area contributed by atoms with E-state index in [9.17, 15) is 0 Å². The maximum Gasteiger partial charge on any atom is 0 e. The Balaban J connectivity index is 0. The van der Waals surface area contributed by atoms with Gasteiger partial charge in [0.15, 0.2) is 0 Å². The molecule has 0 saturated carbocycles. The summed E-state index contributed by atoms with van der Waals surface area (Å²) in [6, 6.07) is 8.14. The normalized spacial score (nSPS) is 9.24. The molecular weight excluding hydrogens is 635 g/mol. The Hall–Kier alpha value is -2.29. The smallest absolute Gasteiger partial charge is 0 e. The predicted molar refractivity (Wildman–Crippen MR) is 115 cm³/mol. The van der Waals surface area contributed by atoms with E-state index in [0.717, 1.165) is 54.6 Å². The van der Waals surface area contributed by atoms with E-state index in [-0.39, 0.29) is 20.4 Å². The number of rotatable bonds is 10. The third-order valence-electron chi connectivity index (χ3n) is 4.38. The molecule has 0 bridgehead atoms. The monoisotopic (exact) mass is 659 g/mol. The maximum atomic E-state index is 7.50. The van der Waals surface area contributed by atoms with Gasteiger partial charge in [-0.25, -0.2) is 9.97 Å². The third kappa shape index (κ3) is 12.3. The number of nitrogens with zero attached hydrogens (tertiary/aromatic N) is 5. The molecule has 1 aromatic carbocycles. The van der Waals surface area contributed by atoms with Crippen molar-refractivity contribution < 1.29 is 43.7 Å². The molecule has 13 heteroatoms. The van der Waals surface area contributed by atoms with Crippen LogP contribution in [0.1, 0.15) is 17.2 Å². The summed E-state index contributed by atoms with van der Waals surface area (Å²) >= 11 is 1.08. The van der Waals surface area contributed by atoms with Crippen molar-refractivity contribution in [1.29, 1.82) is 0 Å². The van der Waals surface area contributed by atoms with E-state index in [4.69, 9.17) is 19.9 Å². The standard InChI is InChI=1S/C18H24N6O2S.3CO.Re/c1-22-11-8-20-17(22)13-24(14-18-21-9-12-23(18)2)10-7-15-3-5-16(6-4-15)27-26-25-19;3*1-2;/h3-6,8-9,11-12H,7,10,13-14,19H2,1-2H3;;;;. The summed E-state index contributed by atoms with van der Waals surface area (Å²) in [5, 5.41) is 0.